The van der Waals surface area contributed by atoms with Gasteiger partial charge in [-0.1, -0.05) is 0 Å². The molecule has 0 aliphatic heterocycles. The Morgan fingerprint density at radius 2 is 2.06 bits per heavy atom. The molecular weight excluding hydrogens is 231 g/mol. The Morgan fingerprint density at radius 1 is 1.33 bits per heavy atom. The van der Waals surface area contributed by atoms with Crippen molar-refractivity contribution in [2.75, 3.05) is 6.61 Å². The lowest BCUT2D eigenvalue weighted by Crippen LogP contribution is -2.02. The molecule has 0 atom stereocenters. The van der Waals surface area contributed by atoms with Crippen molar-refractivity contribution in [3.05, 3.63) is 41.1 Å². The lowest BCUT2D eigenvalue weighted by Gasteiger charge is -2.07. The van der Waals surface area contributed by atoms with Crippen LogP contribution in [0.5, 0.6) is 0 Å². The summed E-state index contributed by atoms with van der Waals surface area (Å²) in [5, 5.41) is 8.99. The number of aromatic nitrogens is 2. The summed E-state index contributed by atoms with van der Waals surface area (Å²) in [6.07, 6.45) is 0.525. The molecule has 0 fully saturated rings. The van der Waals surface area contributed by atoms with Crippen LogP contribution in [0.2, 0.25) is 0 Å². The zero-order valence-corrected chi connectivity index (χ0v) is 10.9. The van der Waals surface area contributed by atoms with Gasteiger partial charge in [-0.15, -0.1) is 0 Å². The maximum atomic E-state index is 13.3. The fraction of sp³-hybridized carbons (Fsp3) is 0.357. The number of aliphatic hydroxyl groups excluding tert-OH is 1. The molecule has 0 aliphatic carbocycles. The van der Waals surface area contributed by atoms with Crippen LogP contribution >= 0.6 is 0 Å². The van der Waals surface area contributed by atoms with Crippen LogP contribution in [0.15, 0.2) is 18.2 Å². The van der Waals surface area contributed by atoms with E-state index in [4.69, 9.17) is 5.11 Å². The predicted octanol–water partition coefficient (Wildman–Crippen LogP) is 2.38. The molecule has 4 heteroatoms. The number of hydrogen-bond donors (Lipinski definition) is 1. The summed E-state index contributed by atoms with van der Waals surface area (Å²) in [5.41, 5.74) is 3.44. The van der Waals surface area contributed by atoms with Crippen LogP contribution in [-0.4, -0.2) is 21.3 Å². The van der Waals surface area contributed by atoms with Crippen LogP contribution in [0.4, 0.5) is 4.39 Å². The van der Waals surface area contributed by atoms with Gasteiger partial charge < -0.3 is 9.67 Å². The van der Waals surface area contributed by atoms with Gasteiger partial charge in [-0.3, -0.25) is 0 Å². The van der Waals surface area contributed by atoms with E-state index in [0.717, 1.165) is 22.8 Å². The van der Waals surface area contributed by atoms with Gasteiger partial charge in [0.05, 0.1) is 18.0 Å². The molecule has 1 heterocycles. The first-order chi connectivity index (χ1) is 8.54. The minimum Gasteiger partial charge on any atom is -0.396 e. The molecule has 3 nitrogen and oxygen atoms in total. The fourth-order valence-electron chi connectivity index (χ4n) is 2.21. The maximum absolute atomic E-state index is 13.3. The second-order valence-corrected chi connectivity index (χ2v) is 4.46. The van der Waals surface area contributed by atoms with Crippen molar-refractivity contribution >= 4 is 0 Å². The van der Waals surface area contributed by atoms with E-state index in [1.54, 1.807) is 13.0 Å². The number of benzene rings is 1. The second kappa shape index (κ2) is 4.90. The molecule has 96 valence electrons. The molecule has 0 bridgehead atoms. The molecule has 1 N–H and O–H groups in total. The Hall–Kier alpha value is -1.68. The normalized spacial score (nSPS) is 10.9. The van der Waals surface area contributed by atoms with E-state index in [2.05, 4.69) is 4.98 Å². The smallest absolute Gasteiger partial charge is 0.126 e. The van der Waals surface area contributed by atoms with Gasteiger partial charge in [-0.2, -0.15) is 0 Å². The van der Waals surface area contributed by atoms with Crippen LogP contribution < -0.4 is 0 Å². The van der Waals surface area contributed by atoms with Gasteiger partial charge in [-0.05, 0) is 37.6 Å². The molecule has 0 aliphatic rings. The van der Waals surface area contributed by atoms with Crippen molar-refractivity contribution in [2.24, 2.45) is 7.05 Å². The number of aliphatic hydroxyl groups is 1. The molecule has 0 saturated heterocycles. The highest BCUT2D eigenvalue weighted by Gasteiger charge is 2.13. The van der Waals surface area contributed by atoms with E-state index >= 15 is 0 Å². The van der Waals surface area contributed by atoms with E-state index in [0.29, 0.717) is 12.0 Å². The number of imidazole rings is 1. The molecule has 18 heavy (non-hydrogen) atoms. The van der Waals surface area contributed by atoms with Gasteiger partial charge in [0.25, 0.3) is 0 Å². The van der Waals surface area contributed by atoms with Crippen LogP contribution in [0.3, 0.4) is 0 Å². The molecule has 0 saturated carbocycles. The minimum absolute atomic E-state index is 0.0756. The number of rotatable bonds is 3. The van der Waals surface area contributed by atoms with Crippen molar-refractivity contribution in [1.29, 1.82) is 0 Å². The highest BCUT2D eigenvalue weighted by Crippen LogP contribution is 2.25. The van der Waals surface area contributed by atoms with Crippen LogP contribution in [-0.2, 0) is 13.5 Å². The molecule has 2 rings (SSSR count). The van der Waals surface area contributed by atoms with Gasteiger partial charge in [0.2, 0.25) is 0 Å². The first-order valence-corrected chi connectivity index (χ1v) is 5.94. The summed E-state index contributed by atoms with van der Waals surface area (Å²) in [6.45, 7) is 3.75. The zero-order valence-electron chi connectivity index (χ0n) is 10.9. The van der Waals surface area contributed by atoms with Crippen LogP contribution in [0.25, 0.3) is 11.3 Å². The summed E-state index contributed by atoms with van der Waals surface area (Å²) in [5.74, 6) is 0.640. The zero-order chi connectivity index (χ0) is 13.3. The summed E-state index contributed by atoms with van der Waals surface area (Å²) >= 11 is 0. The van der Waals surface area contributed by atoms with Crippen LogP contribution in [0.1, 0.15) is 17.1 Å². The molecule has 2 aromatic rings. The van der Waals surface area contributed by atoms with Gasteiger partial charge in [0.15, 0.2) is 0 Å². The Kier molecular flexibility index (Phi) is 3.48. The maximum Gasteiger partial charge on any atom is 0.126 e. The third kappa shape index (κ3) is 2.16. The largest absolute Gasteiger partial charge is 0.396 e. The van der Waals surface area contributed by atoms with E-state index < -0.39 is 0 Å². The fourth-order valence-corrected chi connectivity index (χ4v) is 2.21. The van der Waals surface area contributed by atoms with Gasteiger partial charge >= 0.3 is 0 Å². The van der Waals surface area contributed by atoms with E-state index in [1.807, 2.05) is 24.6 Å². The van der Waals surface area contributed by atoms with Gasteiger partial charge in [0.1, 0.15) is 11.6 Å². The van der Waals surface area contributed by atoms with E-state index in [1.165, 1.54) is 6.07 Å². The number of halogens is 1. The first kappa shape index (κ1) is 12.8. The topological polar surface area (TPSA) is 38.1 Å². The van der Waals surface area contributed by atoms with E-state index in [-0.39, 0.29) is 12.4 Å². The van der Waals surface area contributed by atoms with Crippen LogP contribution in [0, 0.1) is 19.7 Å². The third-order valence-electron chi connectivity index (χ3n) is 3.13. The Morgan fingerprint density at radius 3 is 2.67 bits per heavy atom. The van der Waals surface area contributed by atoms with Crippen molar-refractivity contribution in [1.82, 2.24) is 9.55 Å². The monoisotopic (exact) mass is 248 g/mol. The number of nitrogens with zero attached hydrogens (tertiary/aromatic N) is 2. The predicted molar refractivity (Wildman–Crippen MR) is 68.9 cm³/mol. The van der Waals surface area contributed by atoms with E-state index in [9.17, 15) is 4.39 Å². The average molecular weight is 248 g/mol. The lowest BCUT2D eigenvalue weighted by atomic mass is 10.1. The molecule has 0 unspecified atom stereocenters. The SMILES string of the molecule is Cc1cc(-c2c(C)nc(CCO)n2C)ccc1F. The average Bonchev–Trinajstić information content (AvgIpc) is 2.59. The standard InChI is InChI=1S/C14H17FN2O/c1-9-8-11(4-5-12(9)15)14-10(2)16-13(6-7-18)17(14)3/h4-5,8,18H,6-7H2,1-3H3. The quantitative estimate of drug-likeness (QED) is 0.905. The van der Waals surface area contributed by atoms with Gasteiger partial charge in [0, 0.05) is 19.0 Å². The van der Waals surface area contributed by atoms with Crippen molar-refractivity contribution < 1.29 is 9.50 Å². The molecule has 1 aromatic carbocycles. The summed E-state index contributed by atoms with van der Waals surface area (Å²) in [6, 6.07) is 5.06. The summed E-state index contributed by atoms with van der Waals surface area (Å²) in [7, 11) is 1.92. The highest BCUT2D eigenvalue weighted by atomic mass is 19.1. The van der Waals surface area contributed by atoms with Crippen molar-refractivity contribution in [2.45, 2.75) is 20.3 Å². The second-order valence-electron chi connectivity index (χ2n) is 4.46. The third-order valence-corrected chi connectivity index (χ3v) is 3.13. The number of aryl methyl sites for hydroxylation is 2. The van der Waals surface area contributed by atoms with Crippen molar-refractivity contribution in [3.8, 4) is 11.3 Å². The minimum atomic E-state index is -0.200. The molecule has 0 radical (unpaired) electrons. The number of hydrogen-bond acceptors (Lipinski definition) is 2. The van der Waals surface area contributed by atoms with Gasteiger partial charge in [-0.25, -0.2) is 9.37 Å². The first-order valence-electron chi connectivity index (χ1n) is 5.94. The molecule has 0 amide bonds. The molecule has 1 aromatic heterocycles. The van der Waals surface area contributed by atoms with Crippen molar-refractivity contribution in [3.63, 3.8) is 0 Å². The lowest BCUT2D eigenvalue weighted by molar-refractivity contribution is 0.295. The summed E-state index contributed by atoms with van der Waals surface area (Å²) < 4.78 is 15.2. The molecule has 0 spiro atoms. The highest BCUT2D eigenvalue weighted by molar-refractivity contribution is 5.63. The molecular formula is C14H17FN2O. The Labute approximate surface area is 106 Å². The Balaban J connectivity index is 2.53. The summed E-state index contributed by atoms with van der Waals surface area (Å²) in [4.78, 5) is 4.44. The Bertz CT molecular complexity index is 575.